The van der Waals surface area contributed by atoms with Crippen LogP contribution in [0, 0.1) is 5.92 Å². The van der Waals surface area contributed by atoms with Gasteiger partial charge in [0.2, 0.25) is 0 Å². The average Bonchev–Trinajstić information content (AvgIpc) is 2.19. The van der Waals surface area contributed by atoms with Crippen molar-refractivity contribution in [3.8, 4) is 0 Å². The minimum absolute atomic E-state index is 0.876. The van der Waals surface area contributed by atoms with Crippen molar-refractivity contribution in [2.45, 2.75) is 31.7 Å². The third-order valence-corrected chi connectivity index (χ3v) is 4.23. The lowest BCUT2D eigenvalue weighted by Gasteiger charge is -2.45. The summed E-state index contributed by atoms with van der Waals surface area (Å²) < 4.78 is 0. The number of fused-ring (bicyclic) bond motifs is 3. The van der Waals surface area contributed by atoms with E-state index in [9.17, 15) is 0 Å². The summed E-state index contributed by atoms with van der Waals surface area (Å²) in [6, 6.07) is 0.876. The maximum Gasteiger partial charge on any atom is 0.0251 e. The Hall–Kier alpha value is 0.180. The summed E-state index contributed by atoms with van der Waals surface area (Å²) in [4.78, 5) is 2.64. The van der Waals surface area contributed by atoms with Crippen LogP contribution >= 0.6 is 15.9 Å². The van der Waals surface area contributed by atoms with Crippen molar-refractivity contribution in [3.05, 3.63) is 12.2 Å². The summed E-state index contributed by atoms with van der Waals surface area (Å²) in [6.45, 7) is 6.51. The van der Waals surface area contributed by atoms with Crippen molar-refractivity contribution in [2.75, 3.05) is 18.4 Å². The number of hydrogen-bond donors (Lipinski definition) is 0. The summed E-state index contributed by atoms with van der Waals surface area (Å²) in [7, 11) is 0. The van der Waals surface area contributed by atoms with E-state index >= 15 is 0 Å². The topological polar surface area (TPSA) is 3.24 Å². The normalized spacial score (nSPS) is 33.6. The zero-order valence-electron chi connectivity index (χ0n) is 8.14. The Balaban J connectivity index is 1.90. The Bertz CT molecular complexity index is 194. The molecule has 0 unspecified atom stereocenters. The van der Waals surface area contributed by atoms with Crippen molar-refractivity contribution < 1.29 is 0 Å². The number of nitrogens with zero attached hydrogens (tertiary/aromatic N) is 1. The lowest BCUT2D eigenvalue weighted by Crippen LogP contribution is -2.48. The molecule has 1 aliphatic carbocycles. The first-order valence-electron chi connectivity index (χ1n) is 5.26. The Morgan fingerprint density at radius 1 is 1.31 bits per heavy atom. The van der Waals surface area contributed by atoms with Gasteiger partial charge in [0.15, 0.2) is 0 Å². The first kappa shape index (κ1) is 9.72. The Morgan fingerprint density at radius 3 is 2.46 bits per heavy atom. The van der Waals surface area contributed by atoms with Gasteiger partial charge in [-0.25, -0.2) is 0 Å². The second-order valence-corrected chi connectivity index (χ2v) is 5.05. The van der Waals surface area contributed by atoms with E-state index in [4.69, 9.17) is 0 Å². The second-order valence-electron chi connectivity index (χ2n) is 4.49. The van der Waals surface area contributed by atoms with E-state index < -0.39 is 0 Å². The van der Waals surface area contributed by atoms with Crippen LogP contribution in [0.3, 0.4) is 0 Å². The molecule has 3 rings (SSSR count). The van der Waals surface area contributed by atoms with Crippen molar-refractivity contribution in [3.63, 3.8) is 0 Å². The standard InChI is InChI=1S/C11H18BrN/c1-9(6-12)7-13-8-10-2-4-11(13)5-3-10/h10-11H,1-8H2. The van der Waals surface area contributed by atoms with Crippen molar-refractivity contribution >= 4 is 15.9 Å². The Labute approximate surface area is 89.3 Å². The summed E-state index contributed by atoms with van der Waals surface area (Å²) in [6.07, 6.45) is 5.81. The van der Waals surface area contributed by atoms with Crippen LogP contribution in [-0.2, 0) is 0 Å². The molecule has 0 aromatic carbocycles. The van der Waals surface area contributed by atoms with Gasteiger partial charge in [0.25, 0.3) is 0 Å². The molecular formula is C11H18BrN. The molecule has 74 valence electrons. The largest absolute Gasteiger partial charge is 0.296 e. The minimum Gasteiger partial charge on any atom is -0.296 e. The minimum atomic E-state index is 0.876. The molecule has 2 bridgehead atoms. The maximum absolute atomic E-state index is 4.06. The number of alkyl halides is 1. The number of hydrogen-bond acceptors (Lipinski definition) is 1. The molecule has 2 heterocycles. The van der Waals surface area contributed by atoms with Crippen LogP contribution in [-0.4, -0.2) is 29.4 Å². The fourth-order valence-corrected chi connectivity index (χ4v) is 2.87. The Kier molecular flexibility index (Phi) is 3.10. The molecule has 0 amide bonds. The molecule has 0 N–H and O–H groups in total. The fraction of sp³-hybridized carbons (Fsp3) is 0.818. The van der Waals surface area contributed by atoms with Gasteiger partial charge in [-0.05, 0) is 31.6 Å². The molecule has 0 aromatic heterocycles. The maximum atomic E-state index is 4.06. The predicted molar refractivity (Wildman–Crippen MR) is 60.3 cm³/mol. The highest BCUT2D eigenvalue weighted by Gasteiger charge is 2.33. The van der Waals surface area contributed by atoms with Gasteiger partial charge in [-0.15, -0.1) is 0 Å². The van der Waals surface area contributed by atoms with Crippen LogP contribution in [0.15, 0.2) is 12.2 Å². The lowest BCUT2D eigenvalue weighted by atomic mass is 9.80. The highest BCUT2D eigenvalue weighted by atomic mass is 79.9. The molecular weight excluding hydrogens is 226 g/mol. The van der Waals surface area contributed by atoms with Crippen LogP contribution in [0.5, 0.6) is 0 Å². The van der Waals surface area contributed by atoms with E-state index in [1.807, 2.05) is 0 Å². The molecule has 0 aromatic rings. The van der Waals surface area contributed by atoms with Gasteiger partial charge in [0.05, 0.1) is 0 Å². The first-order valence-corrected chi connectivity index (χ1v) is 6.38. The smallest absolute Gasteiger partial charge is 0.0251 e. The van der Waals surface area contributed by atoms with E-state index in [0.717, 1.165) is 23.8 Å². The molecule has 2 aliphatic heterocycles. The molecule has 13 heavy (non-hydrogen) atoms. The summed E-state index contributed by atoms with van der Waals surface area (Å²) in [5.41, 5.74) is 1.33. The molecule has 3 aliphatic rings. The highest BCUT2D eigenvalue weighted by molar-refractivity contribution is 9.09. The van der Waals surface area contributed by atoms with Gasteiger partial charge in [-0.1, -0.05) is 28.1 Å². The summed E-state index contributed by atoms with van der Waals surface area (Å²) in [5, 5.41) is 0.959. The van der Waals surface area contributed by atoms with Crippen LogP contribution in [0.1, 0.15) is 25.7 Å². The molecule has 1 nitrogen and oxygen atoms in total. The van der Waals surface area contributed by atoms with Gasteiger partial charge in [0.1, 0.15) is 0 Å². The van der Waals surface area contributed by atoms with Gasteiger partial charge < -0.3 is 0 Å². The van der Waals surface area contributed by atoms with Crippen LogP contribution < -0.4 is 0 Å². The molecule has 0 radical (unpaired) electrons. The van der Waals surface area contributed by atoms with Gasteiger partial charge in [-0.3, -0.25) is 4.90 Å². The highest BCUT2D eigenvalue weighted by Crippen LogP contribution is 2.34. The second kappa shape index (κ2) is 4.14. The zero-order chi connectivity index (χ0) is 9.26. The monoisotopic (exact) mass is 243 g/mol. The zero-order valence-corrected chi connectivity index (χ0v) is 9.72. The van der Waals surface area contributed by atoms with Crippen molar-refractivity contribution in [1.29, 1.82) is 0 Å². The summed E-state index contributed by atoms with van der Waals surface area (Å²) in [5.74, 6) is 0.994. The molecule has 0 atom stereocenters. The lowest BCUT2D eigenvalue weighted by molar-refractivity contribution is 0.0575. The SMILES string of the molecule is C=C(CBr)CN1CC2CCC1CC2. The number of rotatable bonds is 3. The van der Waals surface area contributed by atoms with Crippen LogP contribution in [0.4, 0.5) is 0 Å². The fourth-order valence-electron chi connectivity index (χ4n) is 2.70. The van der Waals surface area contributed by atoms with E-state index in [0.29, 0.717) is 0 Å². The Morgan fingerprint density at radius 2 is 2.00 bits per heavy atom. The third kappa shape index (κ3) is 2.16. The molecule has 1 saturated carbocycles. The number of piperidine rings is 2. The average molecular weight is 244 g/mol. The van der Waals surface area contributed by atoms with Gasteiger partial charge >= 0.3 is 0 Å². The van der Waals surface area contributed by atoms with Crippen molar-refractivity contribution in [2.24, 2.45) is 5.92 Å². The molecule has 2 saturated heterocycles. The molecule has 3 fully saturated rings. The van der Waals surface area contributed by atoms with Crippen LogP contribution in [0.25, 0.3) is 0 Å². The van der Waals surface area contributed by atoms with E-state index in [1.165, 1.54) is 37.8 Å². The van der Waals surface area contributed by atoms with Gasteiger partial charge in [-0.2, -0.15) is 0 Å². The molecule has 2 heteroatoms. The summed E-state index contributed by atoms with van der Waals surface area (Å²) >= 11 is 3.47. The van der Waals surface area contributed by atoms with E-state index in [1.54, 1.807) is 0 Å². The first-order chi connectivity index (χ1) is 6.29. The van der Waals surface area contributed by atoms with Crippen LogP contribution in [0.2, 0.25) is 0 Å². The number of halogens is 1. The van der Waals surface area contributed by atoms with Crippen molar-refractivity contribution in [1.82, 2.24) is 4.90 Å². The molecule has 0 spiro atoms. The quantitative estimate of drug-likeness (QED) is 0.545. The predicted octanol–water partition coefficient (Wildman–Crippen LogP) is 2.81. The van der Waals surface area contributed by atoms with E-state index in [2.05, 4.69) is 27.4 Å². The van der Waals surface area contributed by atoms with Gasteiger partial charge in [0, 0.05) is 24.5 Å². The van der Waals surface area contributed by atoms with E-state index in [-0.39, 0.29) is 0 Å². The third-order valence-electron chi connectivity index (χ3n) is 3.44.